The number of nitrogens with zero attached hydrogens (tertiary/aromatic N) is 6. The average Bonchev–Trinajstić information content (AvgIpc) is 3.06. The molecule has 0 unspecified atom stereocenters. The third kappa shape index (κ3) is 1.29. The number of hydrogen-bond donors (Lipinski definition) is 0. The molecule has 2 aliphatic carbocycles. The molecule has 4 aliphatic rings. The first-order valence-corrected chi connectivity index (χ1v) is 7.08. The van der Waals surface area contributed by atoms with Crippen LogP contribution in [0.4, 0.5) is 11.4 Å². The summed E-state index contributed by atoms with van der Waals surface area (Å²) in [4.78, 5) is 10.5. The third-order valence-corrected chi connectivity index (χ3v) is 5.20. The molecule has 0 radical (unpaired) electrons. The number of hydrogen-bond acceptors (Lipinski definition) is 7. The lowest BCUT2D eigenvalue weighted by atomic mass is 9.82. The zero-order valence-corrected chi connectivity index (χ0v) is 11.0. The first-order valence-electron chi connectivity index (χ1n) is 7.08. The van der Waals surface area contributed by atoms with Gasteiger partial charge in [-0.25, -0.2) is 5.01 Å². The van der Waals surface area contributed by atoms with Gasteiger partial charge in [-0.1, -0.05) is 11.3 Å². The molecular formula is C13H12N6O2. The maximum atomic E-state index is 10.9. The number of nitro benzene ring substituents is 1. The highest BCUT2D eigenvalue weighted by Gasteiger charge is 2.65. The minimum Gasteiger partial charge on any atom is -0.258 e. The van der Waals surface area contributed by atoms with Crippen LogP contribution in [-0.2, 0) is 0 Å². The van der Waals surface area contributed by atoms with Gasteiger partial charge in [-0.15, -0.1) is 0 Å². The summed E-state index contributed by atoms with van der Waals surface area (Å²) in [5.41, 5.74) is 0.816. The van der Waals surface area contributed by atoms with E-state index in [1.54, 1.807) is 12.1 Å². The second kappa shape index (κ2) is 3.63. The Kier molecular flexibility index (Phi) is 1.95. The van der Waals surface area contributed by atoms with E-state index in [0.717, 1.165) is 12.1 Å². The highest BCUT2D eigenvalue weighted by atomic mass is 16.6. The Hall–Kier alpha value is -2.38. The van der Waals surface area contributed by atoms with Gasteiger partial charge in [-0.3, -0.25) is 10.1 Å². The van der Waals surface area contributed by atoms with Crippen molar-refractivity contribution >= 4 is 11.4 Å². The number of rotatable bonds is 2. The SMILES string of the molecule is O=[N+]([O-])c1cccc(N2N=N[C@H]3[C@H]4C[C@H]([C@@H]5N=N[C@H]45)[C@H]32)c1. The number of benzene rings is 1. The smallest absolute Gasteiger partial charge is 0.258 e. The first-order chi connectivity index (χ1) is 10.2. The molecule has 2 aliphatic heterocycles. The molecule has 0 N–H and O–H groups in total. The van der Waals surface area contributed by atoms with Crippen LogP contribution in [0.1, 0.15) is 6.42 Å². The summed E-state index contributed by atoms with van der Waals surface area (Å²) < 4.78 is 0. The summed E-state index contributed by atoms with van der Waals surface area (Å²) in [5.74, 6) is 0.853. The standard InChI is InChI=1S/C13H12N6O2/c20-19(21)7-3-1-2-6(4-7)18-13-9-5-8(12(13)16-17-18)10-11(9)15-14-10/h1-4,8-13H,5H2/t8-,9+,10+,11-,12-,13+/m0/s1. The van der Waals surface area contributed by atoms with Crippen molar-refractivity contribution in [3.05, 3.63) is 34.4 Å². The lowest BCUT2D eigenvalue weighted by molar-refractivity contribution is -0.384. The van der Waals surface area contributed by atoms with Gasteiger partial charge in [-0.2, -0.15) is 15.3 Å². The van der Waals surface area contributed by atoms with Crippen molar-refractivity contribution in [3.63, 3.8) is 0 Å². The molecule has 2 saturated carbocycles. The largest absolute Gasteiger partial charge is 0.271 e. The van der Waals surface area contributed by atoms with Crippen LogP contribution in [0.25, 0.3) is 0 Å². The van der Waals surface area contributed by atoms with Crippen molar-refractivity contribution < 1.29 is 4.92 Å². The number of azo groups is 1. The van der Waals surface area contributed by atoms with Crippen LogP contribution in [0.15, 0.2) is 44.8 Å². The van der Waals surface area contributed by atoms with Gasteiger partial charge in [0.2, 0.25) is 0 Å². The van der Waals surface area contributed by atoms with E-state index in [-0.39, 0.29) is 22.7 Å². The fraction of sp³-hybridized carbons (Fsp3) is 0.538. The molecule has 21 heavy (non-hydrogen) atoms. The first kappa shape index (κ1) is 11.3. The van der Waals surface area contributed by atoms with Crippen molar-refractivity contribution in [1.82, 2.24) is 0 Å². The Labute approximate surface area is 119 Å². The van der Waals surface area contributed by atoms with E-state index in [1.807, 2.05) is 11.1 Å². The summed E-state index contributed by atoms with van der Waals surface area (Å²) in [5, 5.41) is 30.0. The van der Waals surface area contributed by atoms with Gasteiger partial charge in [0.05, 0.1) is 16.7 Å². The predicted octanol–water partition coefficient (Wildman–Crippen LogP) is 2.37. The second-order valence-electron chi connectivity index (χ2n) is 6.08. The van der Waals surface area contributed by atoms with Crippen molar-refractivity contribution in [3.8, 4) is 0 Å². The zero-order valence-electron chi connectivity index (χ0n) is 11.0. The fourth-order valence-corrected chi connectivity index (χ4v) is 4.31. The molecule has 2 bridgehead atoms. The molecule has 1 aromatic rings. The number of nitro groups is 1. The van der Waals surface area contributed by atoms with Crippen LogP contribution in [0, 0.1) is 22.0 Å². The average molecular weight is 284 g/mol. The fourth-order valence-electron chi connectivity index (χ4n) is 4.31. The van der Waals surface area contributed by atoms with Gasteiger partial charge in [0, 0.05) is 24.0 Å². The quantitative estimate of drug-likeness (QED) is 0.616. The maximum Gasteiger partial charge on any atom is 0.271 e. The summed E-state index contributed by atoms with van der Waals surface area (Å²) in [6, 6.07) is 7.57. The number of anilines is 1. The molecule has 0 amide bonds. The maximum absolute atomic E-state index is 10.9. The molecule has 0 spiro atoms. The van der Waals surface area contributed by atoms with E-state index in [2.05, 4.69) is 20.6 Å². The lowest BCUT2D eigenvalue weighted by Gasteiger charge is -2.38. The van der Waals surface area contributed by atoms with Crippen molar-refractivity contribution in [1.29, 1.82) is 0 Å². The van der Waals surface area contributed by atoms with Crippen molar-refractivity contribution in [2.24, 2.45) is 32.4 Å². The Morgan fingerprint density at radius 3 is 2.71 bits per heavy atom. The monoisotopic (exact) mass is 284 g/mol. The molecule has 2 heterocycles. The van der Waals surface area contributed by atoms with Gasteiger partial charge < -0.3 is 0 Å². The van der Waals surface area contributed by atoms with E-state index in [1.165, 1.54) is 6.07 Å². The van der Waals surface area contributed by atoms with E-state index in [0.29, 0.717) is 23.9 Å². The highest BCUT2D eigenvalue weighted by Crippen LogP contribution is 2.56. The summed E-state index contributed by atoms with van der Waals surface area (Å²) >= 11 is 0. The minimum absolute atomic E-state index is 0.0792. The second-order valence-corrected chi connectivity index (χ2v) is 6.08. The molecule has 5 rings (SSSR count). The van der Waals surface area contributed by atoms with E-state index < -0.39 is 0 Å². The summed E-state index contributed by atoms with van der Waals surface area (Å²) in [7, 11) is 0. The van der Waals surface area contributed by atoms with E-state index in [9.17, 15) is 10.1 Å². The minimum atomic E-state index is -0.384. The van der Waals surface area contributed by atoms with Gasteiger partial charge in [-0.05, 0) is 12.5 Å². The summed E-state index contributed by atoms with van der Waals surface area (Å²) in [6.07, 6.45) is 1.09. The molecular weight excluding hydrogens is 272 g/mol. The van der Waals surface area contributed by atoms with Gasteiger partial charge in [0.25, 0.3) is 5.69 Å². The molecule has 8 heteroatoms. The van der Waals surface area contributed by atoms with Gasteiger partial charge >= 0.3 is 0 Å². The van der Waals surface area contributed by atoms with Crippen LogP contribution < -0.4 is 5.01 Å². The van der Waals surface area contributed by atoms with Crippen molar-refractivity contribution in [2.75, 3.05) is 5.01 Å². The zero-order chi connectivity index (χ0) is 14.1. The Balaban J connectivity index is 1.51. The normalized spacial score (nSPS) is 41.0. The number of non-ortho nitro benzene ring substituents is 1. The van der Waals surface area contributed by atoms with Gasteiger partial charge in [0.1, 0.15) is 18.1 Å². The van der Waals surface area contributed by atoms with E-state index >= 15 is 0 Å². The van der Waals surface area contributed by atoms with Crippen LogP contribution in [0.2, 0.25) is 0 Å². The summed E-state index contributed by atoms with van der Waals surface area (Å²) in [6.45, 7) is 0. The van der Waals surface area contributed by atoms with Crippen LogP contribution in [-0.4, -0.2) is 29.1 Å². The Morgan fingerprint density at radius 2 is 1.95 bits per heavy atom. The molecule has 0 saturated heterocycles. The van der Waals surface area contributed by atoms with Crippen molar-refractivity contribution in [2.45, 2.75) is 30.6 Å². The van der Waals surface area contributed by atoms with Gasteiger partial charge in [0.15, 0.2) is 0 Å². The molecule has 1 aromatic carbocycles. The van der Waals surface area contributed by atoms with E-state index in [4.69, 9.17) is 0 Å². The predicted molar refractivity (Wildman–Crippen MR) is 72.0 cm³/mol. The molecule has 2 fully saturated rings. The lowest BCUT2D eigenvalue weighted by Crippen LogP contribution is -2.52. The molecule has 6 atom stereocenters. The number of fused-ring (bicyclic) bond motifs is 8. The third-order valence-electron chi connectivity index (χ3n) is 5.20. The van der Waals surface area contributed by atoms with Crippen LogP contribution in [0.3, 0.4) is 0 Å². The van der Waals surface area contributed by atoms with Crippen LogP contribution >= 0.6 is 0 Å². The molecule has 106 valence electrons. The topological polar surface area (TPSA) is 95.8 Å². The van der Waals surface area contributed by atoms with Crippen LogP contribution in [0.5, 0.6) is 0 Å². The highest BCUT2D eigenvalue weighted by molar-refractivity contribution is 5.55. The Morgan fingerprint density at radius 1 is 1.14 bits per heavy atom. The molecule has 0 aromatic heterocycles. The molecule has 8 nitrogen and oxygen atoms in total. The Bertz CT molecular complexity index is 704.